The van der Waals surface area contributed by atoms with Gasteiger partial charge in [0.15, 0.2) is 0 Å². The van der Waals surface area contributed by atoms with Crippen LogP contribution < -0.4 is 5.32 Å². The van der Waals surface area contributed by atoms with Crippen LogP contribution in [-0.4, -0.2) is 11.5 Å². The topological polar surface area (TPSA) is 24.9 Å². The van der Waals surface area contributed by atoms with Crippen molar-refractivity contribution in [2.75, 3.05) is 6.54 Å². The summed E-state index contributed by atoms with van der Waals surface area (Å²) in [4.78, 5) is 4.41. The Bertz CT molecular complexity index is 622. The van der Waals surface area contributed by atoms with Crippen LogP contribution in [0.15, 0.2) is 39.4 Å². The molecule has 0 bridgehead atoms. The summed E-state index contributed by atoms with van der Waals surface area (Å²) < 4.78 is 15.2. The van der Waals surface area contributed by atoms with Crippen LogP contribution >= 0.6 is 43.5 Å². The minimum absolute atomic E-state index is 0.273. The highest BCUT2D eigenvalue weighted by atomic mass is 79.9. The zero-order valence-electron chi connectivity index (χ0n) is 10.6. The Morgan fingerprint density at radius 2 is 2.10 bits per heavy atom. The second-order valence-electron chi connectivity index (χ2n) is 4.18. The molecule has 0 spiro atoms. The van der Waals surface area contributed by atoms with Crippen molar-refractivity contribution in [1.82, 2.24) is 10.3 Å². The Balaban J connectivity index is 2.53. The molecular formula is C14H12Br2ClFN2. The molecule has 0 radical (unpaired) electrons. The van der Waals surface area contributed by atoms with Crippen molar-refractivity contribution >= 4 is 43.5 Å². The summed E-state index contributed by atoms with van der Waals surface area (Å²) in [6.45, 7) is 2.69. The van der Waals surface area contributed by atoms with Gasteiger partial charge in [-0.05, 0) is 68.2 Å². The molecule has 1 atom stereocenters. The van der Waals surface area contributed by atoms with E-state index in [1.807, 2.05) is 13.0 Å². The van der Waals surface area contributed by atoms with Crippen molar-refractivity contribution < 1.29 is 4.39 Å². The fraction of sp³-hybridized carbons (Fsp3) is 0.214. The van der Waals surface area contributed by atoms with E-state index in [0.717, 1.165) is 14.6 Å². The van der Waals surface area contributed by atoms with Crippen LogP contribution in [0.3, 0.4) is 0 Å². The summed E-state index contributed by atoms with van der Waals surface area (Å²) >= 11 is 13.1. The van der Waals surface area contributed by atoms with Crippen LogP contribution in [-0.2, 0) is 0 Å². The highest BCUT2D eigenvalue weighted by molar-refractivity contribution is 9.11. The molecular weight excluding hydrogens is 410 g/mol. The molecule has 2 rings (SSSR count). The maximum Gasteiger partial charge on any atom is 0.123 e. The highest BCUT2D eigenvalue weighted by Crippen LogP contribution is 2.32. The first-order chi connectivity index (χ1) is 9.52. The summed E-state index contributed by atoms with van der Waals surface area (Å²) in [6.07, 6.45) is 1.71. The molecule has 0 amide bonds. The molecule has 0 aliphatic carbocycles. The molecule has 1 aromatic carbocycles. The average Bonchev–Trinajstić information content (AvgIpc) is 2.40. The van der Waals surface area contributed by atoms with Crippen LogP contribution in [0.5, 0.6) is 0 Å². The SMILES string of the molecule is CCNC(c1cc(F)ccc1Cl)c1ncc(Br)cc1Br. The van der Waals surface area contributed by atoms with Gasteiger partial charge in [0, 0.05) is 20.2 Å². The maximum absolute atomic E-state index is 13.5. The van der Waals surface area contributed by atoms with E-state index in [4.69, 9.17) is 11.6 Å². The molecule has 0 aliphatic heterocycles. The lowest BCUT2D eigenvalue weighted by Gasteiger charge is -2.20. The molecule has 0 fully saturated rings. The Morgan fingerprint density at radius 1 is 1.35 bits per heavy atom. The first kappa shape index (κ1) is 15.9. The normalized spacial score (nSPS) is 12.4. The van der Waals surface area contributed by atoms with Crippen LogP contribution in [0.4, 0.5) is 4.39 Å². The highest BCUT2D eigenvalue weighted by Gasteiger charge is 2.20. The summed E-state index contributed by atoms with van der Waals surface area (Å²) in [6, 6.07) is 5.97. The third-order valence-electron chi connectivity index (χ3n) is 2.79. The van der Waals surface area contributed by atoms with E-state index in [1.54, 1.807) is 12.3 Å². The van der Waals surface area contributed by atoms with Crippen LogP contribution in [0.25, 0.3) is 0 Å². The Kier molecular flexibility index (Phi) is 5.55. The van der Waals surface area contributed by atoms with Gasteiger partial charge < -0.3 is 5.32 Å². The number of hydrogen-bond donors (Lipinski definition) is 1. The number of nitrogens with zero attached hydrogens (tertiary/aromatic N) is 1. The van der Waals surface area contributed by atoms with Gasteiger partial charge in [-0.25, -0.2) is 4.39 Å². The fourth-order valence-electron chi connectivity index (χ4n) is 1.93. The van der Waals surface area contributed by atoms with E-state index >= 15 is 0 Å². The second-order valence-corrected chi connectivity index (χ2v) is 6.35. The van der Waals surface area contributed by atoms with Crippen molar-refractivity contribution in [3.63, 3.8) is 0 Å². The lowest BCUT2D eigenvalue weighted by atomic mass is 10.0. The molecule has 1 N–H and O–H groups in total. The third kappa shape index (κ3) is 3.58. The van der Waals surface area contributed by atoms with Gasteiger partial charge in [-0.3, -0.25) is 4.98 Å². The number of aromatic nitrogens is 1. The molecule has 1 heterocycles. The van der Waals surface area contributed by atoms with Gasteiger partial charge in [-0.2, -0.15) is 0 Å². The molecule has 1 aromatic heterocycles. The maximum atomic E-state index is 13.5. The van der Waals surface area contributed by atoms with Crippen LogP contribution in [0.1, 0.15) is 24.2 Å². The summed E-state index contributed by atoms with van der Waals surface area (Å²) in [5.74, 6) is -0.319. The second kappa shape index (κ2) is 6.98. The van der Waals surface area contributed by atoms with E-state index in [1.165, 1.54) is 12.1 Å². The van der Waals surface area contributed by atoms with Crippen LogP contribution in [0, 0.1) is 5.82 Å². The van der Waals surface area contributed by atoms with Crippen molar-refractivity contribution in [2.24, 2.45) is 0 Å². The van der Waals surface area contributed by atoms with Crippen molar-refractivity contribution in [3.05, 3.63) is 61.5 Å². The molecule has 1 unspecified atom stereocenters. The first-order valence-corrected chi connectivity index (χ1v) is 7.98. The summed E-state index contributed by atoms with van der Waals surface area (Å²) in [7, 11) is 0. The lowest BCUT2D eigenvalue weighted by molar-refractivity contribution is 0.594. The van der Waals surface area contributed by atoms with E-state index in [2.05, 4.69) is 42.2 Å². The zero-order valence-corrected chi connectivity index (χ0v) is 14.6. The fourth-order valence-corrected chi connectivity index (χ4v) is 3.37. The molecule has 2 aromatic rings. The number of halogens is 4. The number of rotatable bonds is 4. The van der Waals surface area contributed by atoms with Crippen molar-refractivity contribution in [3.8, 4) is 0 Å². The van der Waals surface area contributed by atoms with Crippen molar-refractivity contribution in [2.45, 2.75) is 13.0 Å². The third-order valence-corrected chi connectivity index (χ3v) is 4.20. The number of benzene rings is 1. The standard InChI is InChI=1S/C14H12Br2ClFN2/c1-2-19-13(10-6-9(18)3-4-12(10)17)14-11(16)5-8(15)7-20-14/h3-7,13,19H,2H2,1H3. The van der Waals surface area contributed by atoms with Gasteiger partial charge in [-0.15, -0.1) is 0 Å². The minimum atomic E-state index is -0.319. The molecule has 20 heavy (non-hydrogen) atoms. The number of pyridine rings is 1. The Morgan fingerprint density at radius 3 is 2.75 bits per heavy atom. The largest absolute Gasteiger partial charge is 0.305 e. The predicted octanol–water partition coefficient (Wildman–Crippen LogP) is 5.10. The molecule has 0 saturated heterocycles. The van der Waals surface area contributed by atoms with Crippen molar-refractivity contribution in [1.29, 1.82) is 0 Å². The monoisotopic (exact) mass is 420 g/mol. The van der Waals surface area contributed by atoms with Crippen LogP contribution in [0.2, 0.25) is 5.02 Å². The molecule has 0 saturated carbocycles. The molecule has 2 nitrogen and oxygen atoms in total. The predicted molar refractivity (Wildman–Crippen MR) is 86.6 cm³/mol. The Labute approximate surface area is 139 Å². The molecule has 6 heteroatoms. The van der Waals surface area contributed by atoms with Gasteiger partial charge in [-0.1, -0.05) is 18.5 Å². The summed E-state index contributed by atoms with van der Waals surface area (Å²) in [5.41, 5.74) is 1.44. The molecule has 0 aliphatic rings. The average molecular weight is 423 g/mol. The Hall–Kier alpha value is -0.490. The van der Waals surface area contributed by atoms with E-state index in [9.17, 15) is 4.39 Å². The first-order valence-electron chi connectivity index (χ1n) is 6.02. The van der Waals surface area contributed by atoms with Gasteiger partial charge in [0.25, 0.3) is 0 Å². The number of hydrogen-bond acceptors (Lipinski definition) is 2. The van der Waals surface area contributed by atoms with Gasteiger partial charge in [0.2, 0.25) is 0 Å². The van der Waals surface area contributed by atoms with E-state index in [-0.39, 0.29) is 11.9 Å². The van der Waals surface area contributed by atoms with Gasteiger partial charge in [0.05, 0.1) is 11.7 Å². The van der Waals surface area contributed by atoms with E-state index < -0.39 is 0 Å². The smallest absolute Gasteiger partial charge is 0.123 e. The quantitative estimate of drug-likeness (QED) is 0.742. The summed E-state index contributed by atoms with van der Waals surface area (Å²) in [5, 5.41) is 3.79. The minimum Gasteiger partial charge on any atom is -0.305 e. The van der Waals surface area contributed by atoms with Gasteiger partial charge >= 0.3 is 0 Å². The zero-order chi connectivity index (χ0) is 14.7. The lowest BCUT2D eigenvalue weighted by Crippen LogP contribution is -2.24. The molecule has 106 valence electrons. The van der Waals surface area contributed by atoms with E-state index in [0.29, 0.717) is 17.1 Å². The number of nitrogens with one attached hydrogen (secondary N) is 1. The van der Waals surface area contributed by atoms with Gasteiger partial charge in [0.1, 0.15) is 5.82 Å².